The zero-order valence-electron chi connectivity index (χ0n) is 14.2. The number of fused-ring (bicyclic) bond motifs is 1. The first-order valence-electron chi connectivity index (χ1n) is 8.91. The van der Waals surface area contributed by atoms with Gasteiger partial charge >= 0.3 is 0 Å². The molecule has 3 rings (SSSR count). The first-order chi connectivity index (χ1) is 12.0. The van der Waals surface area contributed by atoms with Crippen LogP contribution in [0.5, 0.6) is 0 Å². The van der Waals surface area contributed by atoms with Gasteiger partial charge in [-0.15, -0.1) is 0 Å². The Morgan fingerprint density at radius 2 is 1.92 bits per heavy atom. The third kappa shape index (κ3) is 4.21. The number of carbonyl (C=O) groups is 1. The Kier molecular flexibility index (Phi) is 5.42. The smallest absolute Gasteiger partial charge is 0.261 e. The van der Waals surface area contributed by atoms with E-state index in [2.05, 4.69) is 10.3 Å². The number of aryl methyl sites for hydroxylation is 2. The monoisotopic (exact) mass is 364 g/mol. The summed E-state index contributed by atoms with van der Waals surface area (Å²) < 4.78 is 24.2. The Labute approximate surface area is 147 Å². The Morgan fingerprint density at radius 3 is 2.68 bits per heavy atom. The van der Waals surface area contributed by atoms with Gasteiger partial charge < -0.3 is 10.3 Å². The van der Waals surface area contributed by atoms with E-state index < -0.39 is 15.7 Å². The lowest BCUT2D eigenvalue weighted by Gasteiger charge is -2.15. The fourth-order valence-corrected chi connectivity index (χ4v) is 5.18. The minimum Gasteiger partial charge on any atom is -0.348 e. The van der Waals surface area contributed by atoms with Gasteiger partial charge in [-0.25, -0.2) is 8.42 Å². The van der Waals surface area contributed by atoms with E-state index in [4.69, 9.17) is 0 Å². The highest BCUT2D eigenvalue weighted by Gasteiger charge is 2.26. The molecule has 6 nitrogen and oxygen atoms in total. The number of aromatic amines is 1. The van der Waals surface area contributed by atoms with Crippen LogP contribution in [0.1, 0.15) is 60.1 Å². The lowest BCUT2D eigenvalue weighted by atomic mass is 9.95. The van der Waals surface area contributed by atoms with E-state index in [0.29, 0.717) is 12.8 Å². The molecule has 2 N–H and O–H groups in total. The topological polar surface area (TPSA) is 96.1 Å². The van der Waals surface area contributed by atoms with Crippen molar-refractivity contribution in [1.29, 1.82) is 0 Å². The highest BCUT2D eigenvalue weighted by molar-refractivity contribution is 7.94. The van der Waals surface area contributed by atoms with Gasteiger partial charge in [0.2, 0.25) is 0 Å². The average Bonchev–Trinajstić information content (AvgIpc) is 3.13. The molecule has 1 saturated carbocycles. The van der Waals surface area contributed by atoms with Gasteiger partial charge in [0.1, 0.15) is 5.56 Å². The van der Waals surface area contributed by atoms with Crippen molar-refractivity contribution in [3.05, 3.63) is 44.7 Å². The average molecular weight is 364 g/mol. The number of pyridine rings is 1. The summed E-state index contributed by atoms with van der Waals surface area (Å²) in [6.07, 6.45) is 8.59. The molecule has 1 aromatic heterocycles. The van der Waals surface area contributed by atoms with E-state index >= 15 is 0 Å². The van der Waals surface area contributed by atoms with Crippen LogP contribution in [-0.2, 0) is 22.7 Å². The van der Waals surface area contributed by atoms with Crippen molar-refractivity contribution >= 4 is 15.7 Å². The molecule has 1 amide bonds. The van der Waals surface area contributed by atoms with Crippen molar-refractivity contribution in [2.45, 2.75) is 56.6 Å². The normalized spacial score (nSPS) is 18.4. The fourth-order valence-electron chi connectivity index (χ4n) is 3.60. The minimum absolute atomic E-state index is 0.0846. The molecular weight excluding hydrogens is 340 g/mol. The number of carbonyl (C=O) groups excluding carboxylic acids is 1. The number of sulfone groups is 1. The lowest BCUT2D eigenvalue weighted by Crippen LogP contribution is -2.31. The largest absolute Gasteiger partial charge is 0.348 e. The van der Waals surface area contributed by atoms with Crippen LogP contribution in [0.15, 0.2) is 22.3 Å². The van der Waals surface area contributed by atoms with Crippen LogP contribution >= 0.6 is 0 Å². The molecule has 2 aliphatic carbocycles. The molecule has 0 radical (unpaired) electrons. The third-order valence-electron chi connectivity index (χ3n) is 5.02. The van der Waals surface area contributed by atoms with Crippen molar-refractivity contribution < 1.29 is 13.2 Å². The van der Waals surface area contributed by atoms with Gasteiger partial charge in [-0.3, -0.25) is 9.59 Å². The highest BCUT2D eigenvalue weighted by Crippen LogP contribution is 2.25. The molecule has 0 unspecified atom stereocenters. The predicted octanol–water partition coefficient (Wildman–Crippen LogP) is 1.85. The summed E-state index contributed by atoms with van der Waals surface area (Å²) >= 11 is 0. The van der Waals surface area contributed by atoms with Crippen molar-refractivity contribution in [1.82, 2.24) is 10.3 Å². The molecule has 0 aromatic carbocycles. The van der Waals surface area contributed by atoms with Gasteiger partial charge in [-0.1, -0.05) is 18.9 Å². The second-order valence-electron chi connectivity index (χ2n) is 6.80. The third-order valence-corrected chi connectivity index (χ3v) is 6.99. The zero-order chi connectivity index (χ0) is 17.9. The Bertz CT molecular complexity index is 833. The maximum Gasteiger partial charge on any atom is 0.261 e. The first kappa shape index (κ1) is 17.9. The van der Waals surface area contributed by atoms with E-state index in [-0.39, 0.29) is 22.9 Å². The molecule has 25 heavy (non-hydrogen) atoms. The maximum absolute atomic E-state index is 12.2. The van der Waals surface area contributed by atoms with Gasteiger partial charge in [-0.2, -0.15) is 0 Å². The quantitative estimate of drug-likeness (QED) is 0.833. The summed E-state index contributed by atoms with van der Waals surface area (Å²) in [6, 6.07) is 1.67. The summed E-state index contributed by atoms with van der Waals surface area (Å²) in [5.41, 5.74) is 1.65. The van der Waals surface area contributed by atoms with Gasteiger partial charge in [0.25, 0.3) is 11.5 Å². The number of amides is 1. The number of nitrogens with one attached hydrogen (secondary N) is 2. The van der Waals surface area contributed by atoms with E-state index in [1.165, 1.54) is 11.5 Å². The van der Waals surface area contributed by atoms with E-state index in [1.54, 1.807) is 6.07 Å². The van der Waals surface area contributed by atoms with Crippen molar-refractivity contribution in [3.63, 3.8) is 0 Å². The number of aromatic nitrogens is 1. The molecule has 1 fully saturated rings. The van der Waals surface area contributed by atoms with Crippen molar-refractivity contribution in [3.8, 4) is 0 Å². The molecule has 2 aliphatic rings. The molecule has 1 aromatic rings. The van der Waals surface area contributed by atoms with Crippen LogP contribution in [0.2, 0.25) is 0 Å². The molecule has 0 bridgehead atoms. The van der Waals surface area contributed by atoms with Gasteiger partial charge in [0.15, 0.2) is 9.84 Å². The van der Waals surface area contributed by atoms with E-state index in [9.17, 15) is 18.0 Å². The minimum atomic E-state index is -3.24. The Hall–Kier alpha value is -1.89. The second-order valence-corrected chi connectivity index (χ2v) is 8.92. The van der Waals surface area contributed by atoms with Crippen LogP contribution in [0.3, 0.4) is 0 Å². The molecular formula is C18H24N2O4S. The van der Waals surface area contributed by atoms with Crippen LogP contribution in [-0.4, -0.2) is 31.1 Å². The zero-order valence-corrected chi connectivity index (χ0v) is 15.0. The molecule has 136 valence electrons. The fraction of sp³-hybridized carbons (Fsp3) is 0.556. The standard InChI is InChI=1S/C18H24N2O4S/c21-17(15-12-13-6-1-4-9-16(13)20-18(15)22)19-10-5-11-25(23,24)14-7-2-3-8-14/h5,11-12,14H,1-4,6-10H2,(H,19,21)(H,20,22)/b11-5+. The first-order valence-corrected chi connectivity index (χ1v) is 10.5. The van der Waals surface area contributed by atoms with Crippen molar-refractivity contribution in [2.24, 2.45) is 0 Å². The number of hydrogen-bond donors (Lipinski definition) is 2. The summed E-state index contributed by atoms with van der Waals surface area (Å²) in [5.74, 6) is -0.475. The van der Waals surface area contributed by atoms with Crippen LogP contribution in [0.25, 0.3) is 0 Å². The summed E-state index contributed by atoms with van der Waals surface area (Å²) in [4.78, 5) is 27.1. The maximum atomic E-state index is 12.2. The Balaban J connectivity index is 1.61. The Morgan fingerprint density at radius 1 is 1.20 bits per heavy atom. The molecule has 0 saturated heterocycles. The lowest BCUT2D eigenvalue weighted by molar-refractivity contribution is 0.0956. The second kappa shape index (κ2) is 7.56. The van der Waals surface area contributed by atoms with Gasteiger partial charge in [0, 0.05) is 17.6 Å². The molecule has 0 aliphatic heterocycles. The summed E-state index contributed by atoms with van der Waals surface area (Å²) in [7, 11) is -3.24. The SMILES string of the molecule is O=C(NC/C=C/S(=O)(=O)C1CCCC1)c1cc2c([nH]c1=O)CCCC2. The number of rotatable bonds is 5. The van der Waals surface area contributed by atoms with Crippen molar-refractivity contribution in [2.75, 3.05) is 6.54 Å². The summed E-state index contributed by atoms with van der Waals surface area (Å²) in [6.45, 7) is 0.0846. The van der Waals surface area contributed by atoms with E-state index in [0.717, 1.165) is 49.8 Å². The summed E-state index contributed by atoms with van der Waals surface area (Å²) in [5, 5.41) is 3.51. The molecule has 0 atom stereocenters. The van der Waals surface area contributed by atoms with Crippen LogP contribution in [0, 0.1) is 0 Å². The highest BCUT2D eigenvalue weighted by atomic mass is 32.2. The predicted molar refractivity (Wildman–Crippen MR) is 96.4 cm³/mol. The molecule has 7 heteroatoms. The van der Waals surface area contributed by atoms with Crippen LogP contribution < -0.4 is 10.9 Å². The van der Waals surface area contributed by atoms with Gasteiger partial charge in [0.05, 0.1) is 5.25 Å². The van der Waals surface area contributed by atoms with Crippen LogP contribution in [0.4, 0.5) is 0 Å². The number of hydrogen-bond acceptors (Lipinski definition) is 4. The number of H-pyrrole nitrogens is 1. The van der Waals surface area contributed by atoms with E-state index in [1.807, 2.05) is 0 Å². The molecule has 1 heterocycles. The molecule has 0 spiro atoms. The van der Waals surface area contributed by atoms with Gasteiger partial charge in [-0.05, 0) is 50.2 Å².